The van der Waals surface area contributed by atoms with Crippen molar-refractivity contribution in [1.29, 1.82) is 0 Å². The normalized spacial score (nSPS) is 10.5. The van der Waals surface area contributed by atoms with E-state index in [9.17, 15) is 4.79 Å². The fourth-order valence-electron chi connectivity index (χ4n) is 2.16. The summed E-state index contributed by atoms with van der Waals surface area (Å²) in [5.41, 5.74) is 1.59. The van der Waals surface area contributed by atoms with Crippen molar-refractivity contribution in [2.75, 3.05) is 0 Å². The van der Waals surface area contributed by atoms with Crippen LogP contribution in [0.1, 0.15) is 15.9 Å². The summed E-state index contributed by atoms with van der Waals surface area (Å²) in [5.74, 6) is 0.0388. The number of nitrogens with zero attached hydrogens (tertiary/aromatic N) is 2. The minimum absolute atomic E-state index is 0.0388. The van der Waals surface area contributed by atoms with E-state index in [0.29, 0.717) is 12.0 Å². The summed E-state index contributed by atoms with van der Waals surface area (Å²) in [6.07, 6.45) is 4.91. The van der Waals surface area contributed by atoms with Gasteiger partial charge in [0.2, 0.25) is 0 Å². The molecular formula is C16H12N2O. The summed E-state index contributed by atoms with van der Waals surface area (Å²) in [5, 5.41) is 2.27. The first kappa shape index (κ1) is 11.5. The highest BCUT2D eigenvalue weighted by molar-refractivity contribution is 5.99. The first-order chi connectivity index (χ1) is 9.34. The van der Waals surface area contributed by atoms with Gasteiger partial charge >= 0.3 is 0 Å². The van der Waals surface area contributed by atoms with Crippen molar-refractivity contribution in [2.24, 2.45) is 0 Å². The molecule has 0 N–H and O–H groups in total. The van der Waals surface area contributed by atoms with Crippen LogP contribution < -0.4 is 0 Å². The number of benzene rings is 2. The third-order valence-electron chi connectivity index (χ3n) is 3.11. The fourth-order valence-corrected chi connectivity index (χ4v) is 2.16. The third-order valence-corrected chi connectivity index (χ3v) is 3.11. The Labute approximate surface area is 111 Å². The molecule has 1 heterocycles. The third kappa shape index (κ3) is 2.36. The zero-order valence-electron chi connectivity index (χ0n) is 10.3. The molecule has 0 unspecified atom stereocenters. The number of hydrogen-bond acceptors (Lipinski definition) is 3. The monoisotopic (exact) mass is 248 g/mol. The molecule has 19 heavy (non-hydrogen) atoms. The molecule has 0 bridgehead atoms. The van der Waals surface area contributed by atoms with E-state index in [1.54, 1.807) is 12.4 Å². The van der Waals surface area contributed by atoms with Crippen LogP contribution in [0.2, 0.25) is 0 Å². The van der Waals surface area contributed by atoms with Gasteiger partial charge < -0.3 is 0 Å². The van der Waals surface area contributed by atoms with Gasteiger partial charge in [0.1, 0.15) is 6.33 Å². The molecule has 0 aliphatic rings. The lowest BCUT2D eigenvalue weighted by molar-refractivity contribution is 0.0992. The molecular weight excluding hydrogens is 236 g/mol. The predicted octanol–water partition coefficient (Wildman–Crippen LogP) is 3.06. The summed E-state index contributed by atoms with van der Waals surface area (Å²) in [6.45, 7) is 0. The van der Waals surface area contributed by atoms with E-state index in [1.165, 1.54) is 6.33 Å². The molecule has 2 aromatic carbocycles. The minimum Gasteiger partial charge on any atom is -0.294 e. The smallest absolute Gasteiger partial charge is 0.170 e. The number of ketones is 1. The van der Waals surface area contributed by atoms with Crippen molar-refractivity contribution < 1.29 is 4.79 Å². The number of rotatable bonds is 3. The molecule has 0 fully saturated rings. The van der Waals surface area contributed by atoms with Crippen LogP contribution in [-0.4, -0.2) is 15.8 Å². The molecule has 3 nitrogen and oxygen atoms in total. The summed E-state index contributed by atoms with van der Waals surface area (Å²) >= 11 is 0. The number of fused-ring (bicyclic) bond motifs is 1. The van der Waals surface area contributed by atoms with Crippen molar-refractivity contribution in [3.05, 3.63) is 72.3 Å². The van der Waals surface area contributed by atoms with Crippen LogP contribution in [0.15, 0.2) is 61.2 Å². The molecule has 0 aliphatic carbocycles. The van der Waals surface area contributed by atoms with Gasteiger partial charge in [0.15, 0.2) is 5.78 Å². The zero-order chi connectivity index (χ0) is 13.1. The second kappa shape index (κ2) is 4.98. The van der Waals surface area contributed by atoms with E-state index in [4.69, 9.17) is 0 Å². The maximum Gasteiger partial charge on any atom is 0.170 e. The summed E-state index contributed by atoms with van der Waals surface area (Å²) < 4.78 is 0. The molecule has 0 atom stereocenters. The molecule has 0 aliphatic heterocycles. The maximum atomic E-state index is 12.2. The second-order valence-corrected chi connectivity index (χ2v) is 4.37. The molecule has 0 saturated carbocycles. The van der Waals surface area contributed by atoms with Gasteiger partial charge in [-0.1, -0.05) is 42.5 Å². The second-order valence-electron chi connectivity index (χ2n) is 4.37. The Morgan fingerprint density at radius 3 is 2.53 bits per heavy atom. The quantitative estimate of drug-likeness (QED) is 0.669. The first-order valence-electron chi connectivity index (χ1n) is 6.09. The van der Waals surface area contributed by atoms with Gasteiger partial charge in [-0.2, -0.15) is 0 Å². The summed E-state index contributed by atoms with van der Waals surface area (Å²) in [4.78, 5) is 19.9. The summed E-state index contributed by atoms with van der Waals surface area (Å²) in [7, 11) is 0. The lowest BCUT2D eigenvalue weighted by atomic mass is 9.99. The van der Waals surface area contributed by atoms with Crippen LogP contribution in [0.4, 0.5) is 0 Å². The number of Topliss-reactive ketones (excluding diaryl/α,β-unsaturated/α-hetero) is 1. The Morgan fingerprint density at radius 2 is 1.68 bits per heavy atom. The Kier molecular flexibility index (Phi) is 3.02. The molecule has 0 spiro atoms. The topological polar surface area (TPSA) is 42.9 Å². The van der Waals surface area contributed by atoms with Crippen LogP contribution in [-0.2, 0) is 6.42 Å². The van der Waals surface area contributed by atoms with Gasteiger partial charge in [0.25, 0.3) is 0 Å². The number of carbonyl (C=O) groups is 1. The van der Waals surface area contributed by atoms with Gasteiger partial charge in [-0.25, -0.2) is 9.97 Å². The number of hydrogen-bond donors (Lipinski definition) is 0. The molecule has 0 radical (unpaired) electrons. The Morgan fingerprint density at radius 1 is 0.947 bits per heavy atom. The predicted molar refractivity (Wildman–Crippen MR) is 74.0 cm³/mol. The van der Waals surface area contributed by atoms with Crippen molar-refractivity contribution in [3.8, 4) is 0 Å². The molecule has 3 rings (SSSR count). The Balaban J connectivity index is 1.96. The van der Waals surface area contributed by atoms with Crippen molar-refractivity contribution >= 4 is 16.6 Å². The summed E-state index contributed by atoms with van der Waals surface area (Å²) in [6, 6.07) is 14.1. The van der Waals surface area contributed by atoms with Crippen LogP contribution in [0.25, 0.3) is 10.8 Å². The molecule has 92 valence electrons. The Hall–Kier alpha value is -2.55. The van der Waals surface area contributed by atoms with E-state index >= 15 is 0 Å². The molecule has 0 amide bonds. The number of carbonyl (C=O) groups excluding carboxylic acids is 1. The van der Waals surface area contributed by atoms with Crippen LogP contribution in [0.5, 0.6) is 0 Å². The molecule has 3 heteroatoms. The van der Waals surface area contributed by atoms with Crippen LogP contribution in [0.3, 0.4) is 0 Å². The zero-order valence-corrected chi connectivity index (χ0v) is 10.3. The van der Waals surface area contributed by atoms with E-state index < -0.39 is 0 Å². The van der Waals surface area contributed by atoms with Gasteiger partial charge in [-0.3, -0.25) is 4.79 Å². The van der Waals surface area contributed by atoms with E-state index in [1.807, 2.05) is 30.3 Å². The lowest BCUT2D eigenvalue weighted by Gasteiger charge is -2.05. The van der Waals surface area contributed by atoms with Gasteiger partial charge in [0.05, 0.1) is 5.56 Å². The highest BCUT2D eigenvalue weighted by atomic mass is 16.1. The molecule has 3 aromatic rings. The van der Waals surface area contributed by atoms with Crippen molar-refractivity contribution in [1.82, 2.24) is 9.97 Å². The van der Waals surface area contributed by atoms with Crippen LogP contribution in [0, 0.1) is 0 Å². The number of aromatic nitrogens is 2. The average Bonchev–Trinajstić information content (AvgIpc) is 2.48. The van der Waals surface area contributed by atoms with Crippen LogP contribution >= 0.6 is 0 Å². The van der Waals surface area contributed by atoms with Gasteiger partial charge in [-0.05, 0) is 16.3 Å². The van der Waals surface area contributed by atoms with Gasteiger partial charge in [0, 0.05) is 18.8 Å². The maximum absolute atomic E-state index is 12.2. The fraction of sp³-hybridized carbons (Fsp3) is 0.0625. The van der Waals surface area contributed by atoms with E-state index in [0.717, 1.165) is 16.3 Å². The first-order valence-corrected chi connectivity index (χ1v) is 6.09. The van der Waals surface area contributed by atoms with E-state index in [2.05, 4.69) is 22.1 Å². The van der Waals surface area contributed by atoms with Crippen molar-refractivity contribution in [2.45, 2.75) is 6.42 Å². The highest BCUT2D eigenvalue weighted by Gasteiger charge is 2.09. The minimum atomic E-state index is 0.0388. The van der Waals surface area contributed by atoms with E-state index in [-0.39, 0.29) is 5.78 Å². The molecule has 1 aromatic heterocycles. The largest absolute Gasteiger partial charge is 0.294 e. The molecule has 0 saturated heterocycles. The van der Waals surface area contributed by atoms with Gasteiger partial charge in [-0.15, -0.1) is 0 Å². The standard InChI is InChI=1S/C16H12N2O/c19-16(14-9-17-11-18-10-14)8-13-6-3-5-12-4-1-2-7-15(12)13/h1-7,9-11H,8H2. The SMILES string of the molecule is O=C(Cc1cccc2ccccc12)c1cncnc1. The average molecular weight is 248 g/mol. The highest BCUT2D eigenvalue weighted by Crippen LogP contribution is 2.19. The Bertz CT molecular complexity index is 718. The van der Waals surface area contributed by atoms with Crippen molar-refractivity contribution in [3.63, 3.8) is 0 Å². The lowest BCUT2D eigenvalue weighted by Crippen LogP contribution is -2.04.